The van der Waals surface area contributed by atoms with Gasteiger partial charge in [0.05, 0.1) is 12.7 Å². The summed E-state index contributed by atoms with van der Waals surface area (Å²) in [5, 5.41) is 2.28. The minimum Gasteiger partial charge on any atom is -0.497 e. The summed E-state index contributed by atoms with van der Waals surface area (Å²) in [6.07, 6.45) is 6.53. The predicted molar refractivity (Wildman–Crippen MR) is 166 cm³/mol. The lowest BCUT2D eigenvalue weighted by Crippen LogP contribution is -2.68. The van der Waals surface area contributed by atoms with Gasteiger partial charge >= 0.3 is 0 Å². The second kappa shape index (κ2) is 11.4. The molecule has 3 aromatic rings. The molecule has 1 aliphatic heterocycles. The van der Waals surface area contributed by atoms with Gasteiger partial charge in [-0.05, 0) is 97.5 Å². The number of hydrogen-bond donors (Lipinski definition) is 0. The summed E-state index contributed by atoms with van der Waals surface area (Å²) in [4.78, 5) is 19.2. The molecule has 2 aliphatic carbocycles. The van der Waals surface area contributed by atoms with Crippen LogP contribution >= 0.6 is 0 Å². The second-order valence-corrected chi connectivity index (χ2v) is 13.3. The molecule has 1 amide bonds. The number of hydrogen-bond acceptors (Lipinski definition) is 4. The number of ether oxygens (including phenoxy) is 2. The van der Waals surface area contributed by atoms with Crippen molar-refractivity contribution in [3.63, 3.8) is 0 Å². The topological polar surface area (TPSA) is 42.0 Å². The van der Waals surface area contributed by atoms with Crippen LogP contribution in [-0.2, 0) is 10.2 Å². The Balaban J connectivity index is 1.37. The minimum atomic E-state index is -0.293. The first-order valence-electron chi connectivity index (χ1n) is 15.6. The zero-order chi connectivity index (χ0) is 28.6. The maximum Gasteiger partial charge on any atom is 0.254 e. The molecule has 3 atom stereocenters. The zero-order valence-electron chi connectivity index (χ0n) is 25.3. The van der Waals surface area contributed by atoms with Crippen LogP contribution in [0.4, 0.5) is 0 Å². The van der Waals surface area contributed by atoms with Crippen LogP contribution in [0.15, 0.2) is 66.7 Å². The van der Waals surface area contributed by atoms with Crippen molar-refractivity contribution in [2.24, 2.45) is 11.8 Å². The van der Waals surface area contributed by atoms with Crippen molar-refractivity contribution in [3.05, 3.63) is 77.9 Å². The first-order chi connectivity index (χ1) is 19.9. The standard InChI is InChI=1S/C36H46N2O3/c1-26(2)23-38(34(39)30-15-14-28-8-5-6-9-29(28)20-30)32-16-17-36(41-4)25-37(24-27-12-13-27)19-18-35(36,22-32)31-10-7-11-33(21-31)40-3/h5-11,14-15,20-21,26-27,32H,12-13,16-19,22-25H2,1-4H3. The SMILES string of the molecule is COc1cccc(C23CCN(CC4CC4)CC2(OC)CCC(N(CC(C)C)C(=O)c2ccc4ccccc4c2)C3)c1. The van der Waals surface area contributed by atoms with Gasteiger partial charge in [-0.25, -0.2) is 0 Å². The highest BCUT2D eigenvalue weighted by molar-refractivity contribution is 5.98. The molecule has 41 heavy (non-hydrogen) atoms. The zero-order valence-corrected chi connectivity index (χ0v) is 25.3. The quantitative estimate of drug-likeness (QED) is 0.287. The van der Waals surface area contributed by atoms with Gasteiger partial charge in [-0.3, -0.25) is 4.79 Å². The Hall–Kier alpha value is -2.89. The van der Waals surface area contributed by atoms with Gasteiger partial charge in [0.15, 0.2) is 0 Å². The van der Waals surface area contributed by atoms with Crippen molar-refractivity contribution in [3.8, 4) is 5.75 Å². The molecule has 218 valence electrons. The van der Waals surface area contributed by atoms with E-state index in [2.05, 4.69) is 66.1 Å². The number of fused-ring (bicyclic) bond motifs is 2. The van der Waals surface area contributed by atoms with Crippen molar-refractivity contribution < 1.29 is 14.3 Å². The maximum atomic E-state index is 14.3. The number of carbonyl (C=O) groups excluding carboxylic acids is 1. The van der Waals surface area contributed by atoms with Gasteiger partial charge in [0, 0.05) is 43.8 Å². The van der Waals surface area contributed by atoms with Crippen LogP contribution in [0.3, 0.4) is 0 Å². The summed E-state index contributed by atoms with van der Waals surface area (Å²) >= 11 is 0. The lowest BCUT2D eigenvalue weighted by molar-refractivity contribution is -0.155. The number of rotatable bonds is 9. The van der Waals surface area contributed by atoms with Gasteiger partial charge in [0.2, 0.25) is 0 Å². The molecule has 0 bridgehead atoms. The Bertz CT molecular complexity index is 1380. The van der Waals surface area contributed by atoms with E-state index in [4.69, 9.17) is 9.47 Å². The van der Waals surface area contributed by atoms with Crippen molar-refractivity contribution in [2.45, 2.75) is 69.4 Å². The van der Waals surface area contributed by atoms with Crippen LogP contribution in [0.5, 0.6) is 5.75 Å². The molecule has 0 N–H and O–H groups in total. The summed E-state index contributed by atoms with van der Waals surface area (Å²) in [6.45, 7) is 8.39. The highest BCUT2D eigenvalue weighted by Gasteiger charge is 2.60. The average Bonchev–Trinajstić information content (AvgIpc) is 3.83. The van der Waals surface area contributed by atoms with Crippen LogP contribution in [-0.4, -0.2) is 67.7 Å². The highest BCUT2D eigenvalue weighted by atomic mass is 16.5. The van der Waals surface area contributed by atoms with Crippen molar-refractivity contribution >= 4 is 16.7 Å². The number of carbonyl (C=O) groups is 1. The molecule has 3 aromatic carbocycles. The van der Waals surface area contributed by atoms with E-state index in [0.29, 0.717) is 5.92 Å². The third-order valence-corrected chi connectivity index (χ3v) is 10.2. The van der Waals surface area contributed by atoms with Gasteiger partial charge < -0.3 is 19.3 Å². The van der Waals surface area contributed by atoms with E-state index < -0.39 is 0 Å². The summed E-state index contributed by atoms with van der Waals surface area (Å²) in [5.41, 5.74) is 1.58. The number of amides is 1. The molecular formula is C36H46N2O3. The lowest BCUT2D eigenvalue weighted by atomic mass is 9.54. The molecule has 5 nitrogen and oxygen atoms in total. The Morgan fingerprint density at radius 1 is 0.976 bits per heavy atom. The van der Waals surface area contributed by atoms with Gasteiger partial charge in [0.25, 0.3) is 5.91 Å². The largest absolute Gasteiger partial charge is 0.497 e. The molecule has 1 heterocycles. The summed E-state index contributed by atoms with van der Waals surface area (Å²) in [7, 11) is 3.66. The lowest BCUT2D eigenvalue weighted by Gasteiger charge is -2.61. The Labute approximate surface area is 245 Å². The molecule has 3 aliphatic rings. The normalized spacial score (nSPS) is 26.6. The fourth-order valence-electron chi connectivity index (χ4n) is 7.85. The molecule has 0 radical (unpaired) electrons. The molecule has 3 fully saturated rings. The van der Waals surface area contributed by atoms with E-state index in [1.807, 2.05) is 31.4 Å². The van der Waals surface area contributed by atoms with Gasteiger partial charge in [-0.1, -0.05) is 56.3 Å². The molecule has 0 spiro atoms. The van der Waals surface area contributed by atoms with Crippen LogP contribution in [0.25, 0.3) is 10.8 Å². The van der Waals surface area contributed by atoms with Crippen LogP contribution in [0, 0.1) is 11.8 Å². The third-order valence-electron chi connectivity index (χ3n) is 10.2. The molecule has 6 rings (SSSR count). The fourth-order valence-corrected chi connectivity index (χ4v) is 7.85. The van der Waals surface area contributed by atoms with E-state index in [1.165, 1.54) is 24.9 Å². The Kier molecular flexibility index (Phi) is 7.86. The fraction of sp³-hybridized carbons (Fsp3) is 0.528. The molecular weight excluding hydrogens is 508 g/mol. The smallest absolute Gasteiger partial charge is 0.254 e. The maximum absolute atomic E-state index is 14.3. The Morgan fingerprint density at radius 3 is 2.51 bits per heavy atom. The molecule has 2 saturated carbocycles. The van der Waals surface area contributed by atoms with E-state index in [-0.39, 0.29) is 23.0 Å². The van der Waals surface area contributed by atoms with Crippen LogP contribution in [0.1, 0.15) is 68.3 Å². The van der Waals surface area contributed by atoms with Gasteiger partial charge in [-0.2, -0.15) is 0 Å². The third kappa shape index (κ3) is 5.39. The van der Waals surface area contributed by atoms with Gasteiger partial charge in [-0.15, -0.1) is 0 Å². The van der Waals surface area contributed by atoms with Crippen LogP contribution in [0.2, 0.25) is 0 Å². The summed E-state index contributed by atoms with van der Waals surface area (Å²) in [5.74, 6) is 2.26. The minimum absolute atomic E-state index is 0.140. The average molecular weight is 555 g/mol. The Morgan fingerprint density at radius 2 is 1.78 bits per heavy atom. The van der Waals surface area contributed by atoms with Crippen LogP contribution < -0.4 is 4.74 Å². The molecule has 5 heteroatoms. The van der Waals surface area contributed by atoms with Crippen molar-refractivity contribution in [1.29, 1.82) is 0 Å². The van der Waals surface area contributed by atoms with Crippen molar-refractivity contribution in [1.82, 2.24) is 9.80 Å². The van der Waals surface area contributed by atoms with Crippen molar-refractivity contribution in [2.75, 3.05) is 40.4 Å². The predicted octanol–water partition coefficient (Wildman–Crippen LogP) is 6.94. The van der Waals surface area contributed by atoms with E-state index >= 15 is 0 Å². The van der Waals surface area contributed by atoms with E-state index in [9.17, 15) is 4.79 Å². The molecule has 3 unspecified atom stereocenters. The number of piperidine rings is 1. The number of methoxy groups -OCH3 is 2. The number of nitrogens with zero attached hydrogens (tertiary/aromatic N) is 2. The van der Waals surface area contributed by atoms with E-state index in [0.717, 1.165) is 73.3 Å². The highest BCUT2D eigenvalue weighted by Crippen LogP contribution is 2.55. The monoisotopic (exact) mass is 554 g/mol. The summed E-state index contributed by atoms with van der Waals surface area (Å²) in [6, 6.07) is 23.2. The second-order valence-electron chi connectivity index (χ2n) is 13.3. The number of benzene rings is 3. The first kappa shape index (κ1) is 28.2. The van der Waals surface area contributed by atoms with E-state index in [1.54, 1.807) is 7.11 Å². The summed E-state index contributed by atoms with van der Waals surface area (Å²) < 4.78 is 12.4. The molecule has 1 saturated heterocycles. The molecule has 0 aromatic heterocycles. The number of likely N-dealkylation sites (tertiary alicyclic amines) is 1. The first-order valence-corrected chi connectivity index (χ1v) is 15.6. The van der Waals surface area contributed by atoms with Gasteiger partial charge in [0.1, 0.15) is 5.75 Å².